The molecule has 21 heavy (non-hydrogen) atoms. The number of rotatable bonds is 5. The Morgan fingerprint density at radius 1 is 1.38 bits per heavy atom. The highest BCUT2D eigenvalue weighted by atomic mass is 16.5. The number of amides is 1. The smallest absolute Gasteiger partial charge is 0.257 e. The van der Waals surface area contributed by atoms with E-state index in [-0.39, 0.29) is 24.5 Å². The van der Waals surface area contributed by atoms with Crippen molar-refractivity contribution in [2.75, 3.05) is 13.2 Å². The Morgan fingerprint density at radius 2 is 2.14 bits per heavy atom. The molecule has 2 N–H and O–H groups in total. The first-order valence-corrected chi connectivity index (χ1v) is 7.27. The maximum absolute atomic E-state index is 11.8. The molecule has 5 heteroatoms. The summed E-state index contributed by atoms with van der Waals surface area (Å²) in [5, 5.41) is 21.6. The van der Waals surface area contributed by atoms with Crippen molar-refractivity contribution in [3.63, 3.8) is 0 Å². The number of aliphatic hydroxyl groups is 1. The molecule has 1 aliphatic rings. The van der Waals surface area contributed by atoms with Crippen molar-refractivity contribution in [3.05, 3.63) is 29.8 Å². The van der Waals surface area contributed by atoms with Crippen LogP contribution in [0.4, 0.5) is 0 Å². The van der Waals surface area contributed by atoms with Gasteiger partial charge in [-0.2, -0.15) is 5.26 Å². The van der Waals surface area contributed by atoms with Gasteiger partial charge in [0.05, 0.1) is 11.7 Å². The Hall–Kier alpha value is -2.06. The van der Waals surface area contributed by atoms with Gasteiger partial charge in [-0.25, -0.2) is 0 Å². The minimum Gasteiger partial charge on any atom is -0.482 e. The summed E-state index contributed by atoms with van der Waals surface area (Å²) in [6.07, 6.45) is 3.59. The molecule has 2 unspecified atom stereocenters. The lowest BCUT2D eigenvalue weighted by molar-refractivity contribution is -0.123. The largest absolute Gasteiger partial charge is 0.482 e. The lowest BCUT2D eigenvalue weighted by atomic mass is 9.86. The normalized spacial score (nSPS) is 21.3. The molecule has 5 nitrogen and oxygen atoms in total. The molecule has 1 amide bonds. The molecule has 1 aliphatic carbocycles. The van der Waals surface area contributed by atoms with Crippen molar-refractivity contribution < 1.29 is 14.6 Å². The Morgan fingerprint density at radius 3 is 2.90 bits per heavy atom. The SMILES string of the molecule is N#Cc1ccccc1OCC(=O)NCC1CCCCC1O. The number of nitriles is 1. The standard InChI is InChI=1S/C16H20N2O3/c17-9-12-5-2-4-8-15(12)21-11-16(20)18-10-13-6-1-3-7-14(13)19/h2,4-5,8,13-14,19H,1,3,6-7,10-11H2,(H,18,20). The molecule has 2 atom stereocenters. The van der Waals surface area contributed by atoms with E-state index in [1.807, 2.05) is 6.07 Å². The lowest BCUT2D eigenvalue weighted by Gasteiger charge is -2.27. The molecule has 0 radical (unpaired) electrons. The maximum Gasteiger partial charge on any atom is 0.257 e. The van der Waals surface area contributed by atoms with E-state index >= 15 is 0 Å². The van der Waals surface area contributed by atoms with Crippen molar-refractivity contribution >= 4 is 5.91 Å². The molecular formula is C16H20N2O3. The number of hydrogen-bond donors (Lipinski definition) is 2. The van der Waals surface area contributed by atoms with Crippen LogP contribution in [-0.2, 0) is 4.79 Å². The summed E-state index contributed by atoms with van der Waals surface area (Å²) in [5.41, 5.74) is 0.410. The number of aliphatic hydroxyl groups excluding tert-OH is 1. The number of ether oxygens (including phenoxy) is 1. The predicted molar refractivity (Wildman–Crippen MR) is 77.6 cm³/mol. The molecule has 1 fully saturated rings. The zero-order valence-electron chi connectivity index (χ0n) is 11.9. The van der Waals surface area contributed by atoms with E-state index in [1.165, 1.54) is 0 Å². The van der Waals surface area contributed by atoms with Crippen LogP contribution in [-0.4, -0.2) is 30.3 Å². The second-order valence-electron chi connectivity index (χ2n) is 5.31. The number of para-hydroxylation sites is 1. The topological polar surface area (TPSA) is 82.3 Å². The summed E-state index contributed by atoms with van der Waals surface area (Å²) in [7, 11) is 0. The van der Waals surface area contributed by atoms with E-state index in [0.717, 1.165) is 25.7 Å². The average Bonchev–Trinajstić information content (AvgIpc) is 2.52. The van der Waals surface area contributed by atoms with Gasteiger partial charge in [0.1, 0.15) is 11.8 Å². The van der Waals surface area contributed by atoms with Crippen molar-refractivity contribution in [2.24, 2.45) is 5.92 Å². The zero-order valence-corrected chi connectivity index (χ0v) is 11.9. The fourth-order valence-electron chi connectivity index (χ4n) is 2.55. The van der Waals surface area contributed by atoms with Crippen LogP contribution < -0.4 is 10.1 Å². The molecular weight excluding hydrogens is 268 g/mol. The Bertz CT molecular complexity index is 524. The molecule has 1 saturated carbocycles. The van der Waals surface area contributed by atoms with Gasteiger partial charge in [-0.05, 0) is 25.0 Å². The summed E-state index contributed by atoms with van der Waals surface area (Å²) in [6, 6.07) is 8.83. The van der Waals surface area contributed by atoms with Crippen LogP contribution in [0.2, 0.25) is 0 Å². The van der Waals surface area contributed by atoms with Gasteiger partial charge in [0.25, 0.3) is 5.91 Å². The van der Waals surface area contributed by atoms with E-state index < -0.39 is 0 Å². The quantitative estimate of drug-likeness (QED) is 0.862. The molecule has 0 saturated heterocycles. The van der Waals surface area contributed by atoms with Gasteiger partial charge in [0.2, 0.25) is 0 Å². The predicted octanol–water partition coefficient (Wildman–Crippen LogP) is 1.60. The first-order chi connectivity index (χ1) is 10.2. The van der Waals surface area contributed by atoms with Crippen LogP contribution >= 0.6 is 0 Å². The van der Waals surface area contributed by atoms with Gasteiger partial charge in [0.15, 0.2) is 6.61 Å². The van der Waals surface area contributed by atoms with Gasteiger partial charge >= 0.3 is 0 Å². The van der Waals surface area contributed by atoms with E-state index in [1.54, 1.807) is 24.3 Å². The molecule has 0 spiro atoms. The van der Waals surface area contributed by atoms with Gasteiger partial charge in [-0.15, -0.1) is 0 Å². The first-order valence-electron chi connectivity index (χ1n) is 7.27. The fraction of sp³-hybridized carbons (Fsp3) is 0.500. The highest BCUT2D eigenvalue weighted by Gasteiger charge is 2.23. The number of carbonyl (C=O) groups excluding carboxylic acids is 1. The second kappa shape index (κ2) is 7.65. The van der Waals surface area contributed by atoms with Gasteiger partial charge in [0, 0.05) is 12.5 Å². The first kappa shape index (κ1) is 15.3. The number of nitrogens with zero attached hydrogens (tertiary/aromatic N) is 1. The van der Waals surface area contributed by atoms with E-state index in [2.05, 4.69) is 5.32 Å². The molecule has 0 heterocycles. The second-order valence-corrected chi connectivity index (χ2v) is 5.31. The van der Waals surface area contributed by atoms with E-state index in [9.17, 15) is 9.90 Å². The summed E-state index contributed by atoms with van der Waals surface area (Å²) >= 11 is 0. The van der Waals surface area contributed by atoms with Crippen LogP contribution in [0.5, 0.6) is 5.75 Å². The highest BCUT2D eigenvalue weighted by molar-refractivity contribution is 5.77. The van der Waals surface area contributed by atoms with Crippen molar-refractivity contribution in [3.8, 4) is 11.8 Å². The average molecular weight is 288 g/mol. The van der Waals surface area contributed by atoms with Gasteiger partial charge in [-0.3, -0.25) is 4.79 Å². The van der Waals surface area contributed by atoms with Crippen LogP contribution in [0.25, 0.3) is 0 Å². The zero-order chi connectivity index (χ0) is 15.1. The molecule has 2 rings (SSSR count). The minimum atomic E-state index is -0.320. The summed E-state index contributed by atoms with van der Waals surface area (Å²) in [5.74, 6) is 0.308. The number of nitrogens with one attached hydrogen (secondary N) is 1. The highest BCUT2D eigenvalue weighted by Crippen LogP contribution is 2.23. The van der Waals surface area contributed by atoms with Gasteiger partial charge in [-0.1, -0.05) is 25.0 Å². The maximum atomic E-state index is 11.8. The number of carbonyl (C=O) groups is 1. The number of hydrogen-bond acceptors (Lipinski definition) is 4. The van der Waals surface area contributed by atoms with Crippen molar-refractivity contribution in [1.29, 1.82) is 5.26 Å². The van der Waals surface area contributed by atoms with Crippen LogP contribution in [0.1, 0.15) is 31.2 Å². The molecule has 112 valence electrons. The van der Waals surface area contributed by atoms with E-state index in [4.69, 9.17) is 10.00 Å². The van der Waals surface area contributed by atoms with Crippen LogP contribution in [0.15, 0.2) is 24.3 Å². The van der Waals surface area contributed by atoms with Crippen LogP contribution in [0, 0.1) is 17.2 Å². The molecule has 0 bridgehead atoms. The lowest BCUT2D eigenvalue weighted by Crippen LogP contribution is -2.38. The third kappa shape index (κ3) is 4.47. The van der Waals surface area contributed by atoms with Crippen molar-refractivity contribution in [1.82, 2.24) is 5.32 Å². The van der Waals surface area contributed by atoms with Gasteiger partial charge < -0.3 is 15.2 Å². The molecule has 1 aromatic carbocycles. The molecule has 0 aliphatic heterocycles. The summed E-state index contributed by atoms with van der Waals surface area (Å²) in [4.78, 5) is 11.8. The minimum absolute atomic E-state index is 0.124. The number of benzene rings is 1. The van der Waals surface area contributed by atoms with Crippen molar-refractivity contribution in [2.45, 2.75) is 31.8 Å². The summed E-state index contributed by atoms with van der Waals surface area (Å²) in [6.45, 7) is 0.352. The Labute approximate surface area is 124 Å². The third-order valence-electron chi connectivity index (χ3n) is 3.80. The van der Waals surface area contributed by atoms with Crippen LogP contribution in [0.3, 0.4) is 0 Å². The Balaban J connectivity index is 1.76. The molecule has 0 aromatic heterocycles. The third-order valence-corrected chi connectivity index (χ3v) is 3.80. The Kier molecular flexibility index (Phi) is 5.59. The monoisotopic (exact) mass is 288 g/mol. The fourth-order valence-corrected chi connectivity index (χ4v) is 2.55. The van der Waals surface area contributed by atoms with E-state index in [0.29, 0.717) is 17.9 Å². The molecule has 1 aromatic rings. The summed E-state index contributed by atoms with van der Waals surface area (Å²) < 4.78 is 5.36.